The summed E-state index contributed by atoms with van der Waals surface area (Å²) in [5, 5.41) is 12.5. The summed E-state index contributed by atoms with van der Waals surface area (Å²) in [5.74, 6) is 0.0940. The summed E-state index contributed by atoms with van der Waals surface area (Å²) in [6.45, 7) is 2.43. The minimum Gasteiger partial charge on any atom is -0.388 e. The highest BCUT2D eigenvalue weighted by Crippen LogP contribution is 2.30. The zero-order valence-electron chi connectivity index (χ0n) is 13.2. The second-order valence-corrected chi connectivity index (χ2v) is 7.28. The van der Waals surface area contributed by atoms with E-state index in [1.165, 1.54) is 0 Å². The van der Waals surface area contributed by atoms with Crippen molar-refractivity contribution >= 4 is 22.2 Å². The Hall–Kier alpha value is -1.40. The predicted molar refractivity (Wildman–Crippen MR) is 87.2 cm³/mol. The van der Waals surface area contributed by atoms with Gasteiger partial charge in [0.15, 0.2) is 4.96 Å². The number of imidazole rings is 1. The molecule has 0 atom stereocenters. The van der Waals surface area contributed by atoms with Crippen LogP contribution in [0.2, 0.25) is 0 Å². The molecule has 120 valence electrons. The SMILES string of the molecule is Cc1cn2c(CCC(=O)N(C)CC3(O)CCCC3)csc2n1. The molecule has 2 aromatic heterocycles. The Morgan fingerprint density at radius 2 is 2.23 bits per heavy atom. The van der Waals surface area contributed by atoms with Gasteiger partial charge in [0, 0.05) is 37.3 Å². The molecule has 0 bridgehead atoms. The standard InChI is InChI=1S/C16H23N3O2S/c1-12-9-19-13(10-22-15(19)17-12)5-6-14(20)18(2)11-16(21)7-3-4-8-16/h9-10,21H,3-8,11H2,1-2H3. The van der Waals surface area contributed by atoms with Gasteiger partial charge in [-0.15, -0.1) is 11.3 Å². The molecule has 1 saturated carbocycles. The van der Waals surface area contributed by atoms with Crippen LogP contribution in [0, 0.1) is 6.92 Å². The first-order chi connectivity index (χ1) is 10.5. The third kappa shape index (κ3) is 3.17. The van der Waals surface area contributed by atoms with Crippen molar-refractivity contribution in [3.8, 4) is 0 Å². The summed E-state index contributed by atoms with van der Waals surface area (Å²) >= 11 is 1.61. The highest BCUT2D eigenvalue weighted by Gasteiger charge is 2.33. The Bertz CT molecular complexity index is 670. The number of rotatable bonds is 5. The molecule has 22 heavy (non-hydrogen) atoms. The van der Waals surface area contributed by atoms with E-state index in [9.17, 15) is 9.90 Å². The van der Waals surface area contributed by atoms with Crippen molar-refractivity contribution in [2.75, 3.05) is 13.6 Å². The first-order valence-corrected chi connectivity index (χ1v) is 8.73. The summed E-state index contributed by atoms with van der Waals surface area (Å²) in [4.78, 5) is 19.4. The molecule has 0 spiro atoms. The lowest BCUT2D eigenvalue weighted by Gasteiger charge is -2.28. The topological polar surface area (TPSA) is 57.8 Å². The largest absolute Gasteiger partial charge is 0.388 e. The zero-order chi connectivity index (χ0) is 15.7. The number of nitrogens with zero attached hydrogens (tertiary/aromatic N) is 3. The van der Waals surface area contributed by atoms with Gasteiger partial charge in [0.2, 0.25) is 5.91 Å². The molecular formula is C16H23N3O2S. The highest BCUT2D eigenvalue weighted by molar-refractivity contribution is 7.15. The molecule has 5 nitrogen and oxygen atoms in total. The van der Waals surface area contributed by atoms with Crippen molar-refractivity contribution < 1.29 is 9.90 Å². The molecule has 1 aliphatic rings. The second-order valence-electron chi connectivity index (χ2n) is 6.44. The molecule has 0 radical (unpaired) electrons. The Labute approximate surface area is 134 Å². The molecule has 0 unspecified atom stereocenters. The Balaban J connectivity index is 1.57. The van der Waals surface area contributed by atoms with E-state index >= 15 is 0 Å². The van der Waals surface area contributed by atoms with E-state index in [4.69, 9.17) is 0 Å². The van der Waals surface area contributed by atoms with Crippen LogP contribution in [-0.2, 0) is 11.2 Å². The number of hydrogen-bond donors (Lipinski definition) is 1. The highest BCUT2D eigenvalue weighted by atomic mass is 32.1. The van der Waals surface area contributed by atoms with Crippen LogP contribution in [0.4, 0.5) is 0 Å². The fourth-order valence-corrected chi connectivity index (χ4v) is 4.22. The maximum Gasteiger partial charge on any atom is 0.222 e. The van der Waals surface area contributed by atoms with Crippen molar-refractivity contribution in [1.82, 2.24) is 14.3 Å². The number of aromatic nitrogens is 2. The lowest BCUT2D eigenvalue weighted by Crippen LogP contribution is -2.42. The van der Waals surface area contributed by atoms with Gasteiger partial charge in [-0.2, -0.15) is 0 Å². The van der Waals surface area contributed by atoms with Gasteiger partial charge in [0.1, 0.15) is 0 Å². The molecule has 2 heterocycles. The lowest BCUT2D eigenvalue weighted by molar-refractivity contribution is -0.133. The third-order valence-electron chi connectivity index (χ3n) is 4.49. The average molecular weight is 321 g/mol. The van der Waals surface area contributed by atoms with E-state index in [-0.39, 0.29) is 5.91 Å². The molecular weight excluding hydrogens is 298 g/mol. The van der Waals surface area contributed by atoms with Crippen molar-refractivity contribution in [1.29, 1.82) is 0 Å². The maximum atomic E-state index is 12.3. The summed E-state index contributed by atoms with van der Waals surface area (Å²) in [6, 6.07) is 0. The van der Waals surface area contributed by atoms with Crippen LogP contribution in [0.5, 0.6) is 0 Å². The van der Waals surface area contributed by atoms with E-state index in [1.807, 2.05) is 13.1 Å². The van der Waals surface area contributed by atoms with Crippen molar-refractivity contribution in [2.45, 2.75) is 51.0 Å². The summed E-state index contributed by atoms with van der Waals surface area (Å²) in [6.07, 6.45) is 6.93. The first-order valence-electron chi connectivity index (χ1n) is 7.85. The molecule has 0 saturated heterocycles. The number of carbonyl (C=O) groups is 1. The minimum absolute atomic E-state index is 0.0940. The fourth-order valence-electron chi connectivity index (χ4n) is 3.27. The first kappa shape index (κ1) is 15.5. The van der Waals surface area contributed by atoms with Gasteiger partial charge >= 0.3 is 0 Å². The van der Waals surface area contributed by atoms with Crippen molar-refractivity contribution in [3.05, 3.63) is 23.0 Å². The smallest absolute Gasteiger partial charge is 0.222 e. The van der Waals surface area contributed by atoms with E-state index in [0.29, 0.717) is 19.4 Å². The molecule has 1 amide bonds. The fraction of sp³-hybridized carbons (Fsp3) is 0.625. The number of thiazole rings is 1. The number of likely N-dealkylation sites (N-methyl/N-ethyl adjacent to an activating group) is 1. The molecule has 1 fully saturated rings. The van der Waals surface area contributed by atoms with E-state index < -0.39 is 5.60 Å². The molecule has 1 N–H and O–H groups in total. The number of aryl methyl sites for hydroxylation is 2. The van der Waals surface area contributed by atoms with Gasteiger partial charge in [0.05, 0.1) is 11.3 Å². The molecule has 6 heteroatoms. The summed E-state index contributed by atoms with van der Waals surface area (Å²) < 4.78 is 2.07. The van der Waals surface area contributed by atoms with Gasteiger partial charge in [-0.25, -0.2) is 4.98 Å². The van der Waals surface area contributed by atoms with Crippen LogP contribution in [0.25, 0.3) is 4.96 Å². The van der Waals surface area contributed by atoms with E-state index in [2.05, 4.69) is 14.8 Å². The normalized spacial score (nSPS) is 17.2. The summed E-state index contributed by atoms with van der Waals surface area (Å²) in [7, 11) is 1.79. The molecule has 0 aromatic carbocycles. The number of carbonyl (C=O) groups excluding carboxylic acids is 1. The van der Waals surface area contributed by atoms with E-state index in [1.54, 1.807) is 23.3 Å². The van der Waals surface area contributed by atoms with Gasteiger partial charge in [-0.05, 0) is 26.2 Å². The van der Waals surface area contributed by atoms with Crippen LogP contribution in [0.3, 0.4) is 0 Å². The molecule has 0 aliphatic heterocycles. The van der Waals surface area contributed by atoms with Crippen LogP contribution >= 0.6 is 11.3 Å². The van der Waals surface area contributed by atoms with Crippen LogP contribution < -0.4 is 0 Å². The molecule has 1 aliphatic carbocycles. The number of aliphatic hydroxyl groups is 1. The number of fused-ring (bicyclic) bond motifs is 1. The second kappa shape index (κ2) is 6.01. The third-order valence-corrected chi connectivity index (χ3v) is 5.38. The number of hydrogen-bond acceptors (Lipinski definition) is 4. The van der Waals surface area contributed by atoms with Crippen LogP contribution in [-0.4, -0.2) is 44.5 Å². The summed E-state index contributed by atoms with van der Waals surface area (Å²) in [5.41, 5.74) is 1.46. The zero-order valence-corrected chi connectivity index (χ0v) is 14.0. The van der Waals surface area contributed by atoms with Gasteiger partial charge < -0.3 is 10.0 Å². The maximum absolute atomic E-state index is 12.3. The quantitative estimate of drug-likeness (QED) is 0.920. The van der Waals surface area contributed by atoms with Gasteiger partial charge in [0.25, 0.3) is 0 Å². The van der Waals surface area contributed by atoms with Crippen LogP contribution in [0.15, 0.2) is 11.6 Å². The Kier molecular flexibility index (Phi) is 4.23. The number of amides is 1. The minimum atomic E-state index is -0.665. The van der Waals surface area contributed by atoms with Gasteiger partial charge in [-0.3, -0.25) is 9.20 Å². The predicted octanol–water partition coefficient (Wildman–Crippen LogP) is 2.40. The van der Waals surface area contributed by atoms with Crippen molar-refractivity contribution in [2.24, 2.45) is 0 Å². The van der Waals surface area contributed by atoms with Gasteiger partial charge in [-0.1, -0.05) is 12.8 Å². The van der Waals surface area contributed by atoms with E-state index in [0.717, 1.165) is 42.0 Å². The molecule has 2 aromatic rings. The van der Waals surface area contributed by atoms with Crippen LogP contribution in [0.1, 0.15) is 43.5 Å². The Morgan fingerprint density at radius 3 is 2.95 bits per heavy atom. The Morgan fingerprint density at radius 1 is 1.50 bits per heavy atom. The lowest BCUT2D eigenvalue weighted by atomic mass is 10.0. The van der Waals surface area contributed by atoms with Crippen molar-refractivity contribution in [3.63, 3.8) is 0 Å². The molecule has 3 rings (SSSR count). The average Bonchev–Trinajstić information content (AvgIpc) is 3.12. The monoisotopic (exact) mass is 321 g/mol.